The van der Waals surface area contributed by atoms with Gasteiger partial charge in [-0.15, -0.1) is 0 Å². The van der Waals surface area contributed by atoms with Gasteiger partial charge in [0.1, 0.15) is 11.9 Å². The van der Waals surface area contributed by atoms with Crippen LogP contribution in [0.4, 0.5) is 5.82 Å². The predicted molar refractivity (Wildman–Crippen MR) is 80.9 cm³/mol. The lowest BCUT2D eigenvalue weighted by Gasteiger charge is -2.38. The van der Waals surface area contributed by atoms with Crippen LogP contribution in [-0.2, 0) is 0 Å². The summed E-state index contributed by atoms with van der Waals surface area (Å²) in [6.07, 6.45) is 1.60. The maximum absolute atomic E-state index is 6.24. The molecule has 1 fully saturated rings. The SMILES string of the molecule is Cc1noc(C2CN(c3ncc(Cl)cc3Cl)CCN2C)n1. The molecular formula is C13H15Cl2N5O. The number of pyridine rings is 1. The molecule has 2 aromatic rings. The lowest BCUT2D eigenvalue weighted by Crippen LogP contribution is -2.47. The van der Waals surface area contributed by atoms with Crippen molar-refractivity contribution in [3.63, 3.8) is 0 Å². The molecule has 0 aliphatic carbocycles. The summed E-state index contributed by atoms with van der Waals surface area (Å²) in [6, 6.07) is 1.73. The van der Waals surface area contributed by atoms with Crippen LogP contribution in [0.15, 0.2) is 16.8 Å². The van der Waals surface area contributed by atoms with Gasteiger partial charge in [-0.05, 0) is 20.0 Å². The van der Waals surface area contributed by atoms with Crippen molar-refractivity contribution in [1.82, 2.24) is 20.0 Å². The van der Waals surface area contributed by atoms with Crippen molar-refractivity contribution in [1.29, 1.82) is 0 Å². The highest BCUT2D eigenvalue weighted by molar-refractivity contribution is 6.36. The first kappa shape index (κ1) is 14.6. The number of anilines is 1. The summed E-state index contributed by atoms with van der Waals surface area (Å²) in [5.41, 5.74) is 0. The van der Waals surface area contributed by atoms with E-state index in [4.69, 9.17) is 27.7 Å². The molecule has 8 heteroatoms. The third-order valence-corrected chi connectivity index (χ3v) is 4.05. The maximum Gasteiger partial charge on any atom is 0.245 e. The van der Waals surface area contributed by atoms with E-state index in [0.29, 0.717) is 28.3 Å². The zero-order valence-corrected chi connectivity index (χ0v) is 13.3. The Kier molecular flexibility index (Phi) is 4.01. The van der Waals surface area contributed by atoms with Gasteiger partial charge in [0.2, 0.25) is 5.89 Å². The fraction of sp³-hybridized carbons (Fsp3) is 0.462. The van der Waals surface area contributed by atoms with Crippen molar-refractivity contribution in [2.24, 2.45) is 0 Å². The van der Waals surface area contributed by atoms with Crippen molar-refractivity contribution >= 4 is 29.0 Å². The van der Waals surface area contributed by atoms with E-state index in [1.54, 1.807) is 12.3 Å². The summed E-state index contributed by atoms with van der Waals surface area (Å²) in [5, 5.41) is 4.94. The normalized spacial score (nSPS) is 20.0. The minimum atomic E-state index is 0.0218. The summed E-state index contributed by atoms with van der Waals surface area (Å²) in [4.78, 5) is 13.0. The van der Waals surface area contributed by atoms with Crippen molar-refractivity contribution in [3.8, 4) is 0 Å². The zero-order valence-electron chi connectivity index (χ0n) is 11.8. The van der Waals surface area contributed by atoms with Crippen molar-refractivity contribution < 1.29 is 4.52 Å². The van der Waals surface area contributed by atoms with E-state index in [-0.39, 0.29) is 6.04 Å². The smallest absolute Gasteiger partial charge is 0.245 e. The molecule has 21 heavy (non-hydrogen) atoms. The van der Waals surface area contributed by atoms with Crippen LogP contribution in [0.3, 0.4) is 0 Å². The second-order valence-corrected chi connectivity index (χ2v) is 5.92. The van der Waals surface area contributed by atoms with Gasteiger partial charge in [0.05, 0.1) is 10.0 Å². The maximum atomic E-state index is 6.24. The van der Waals surface area contributed by atoms with Crippen LogP contribution in [-0.4, -0.2) is 46.7 Å². The van der Waals surface area contributed by atoms with Crippen LogP contribution in [0.25, 0.3) is 0 Å². The van der Waals surface area contributed by atoms with E-state index in [9.17, 15) is 0 Å². The molecule has 1 aliphatic rings. The Hall–Kier alpha value is -1.37. The molecule has 2 aromatic heterocycles. The number of rotatable bonds is 2. The lowest BCUT2D eigenvalue weighted by molar-refractivity contribution is 0.177. The summed E-state index contributed by atoms with van der Waals surface area (Å²) >= 11 is 12.1. The second kappa shape index (κ2) is 5.79. The van der Waals surface area contributed by atoms with E-state index in [1.807, 2.05) is 14.0 Å². The van der Waals surface area contributed by atoms with E-state index in [1.165, 1.54) is 0 Å². The Morgan fingerprint density at radius 2 is 2.14 bits per heavy atom. The molecule has 1 aliphatic heterocycles. The van der Waals surface area contributed by atoms with Gasteiger partial charge < -0.3 is 9.42 Å². The third kappa shape index (κ3) is 2.97. The summed E-state index contributed by atoms with van der Waals surface area (Å²) < 4.78 is 5.30. The minimum absolute atomic E-state index is 0.0218. The molecule has 0 amide bonds. The van der Waals surface area contributed by atoms with Crippen LogP contribution in [0, 0.1) is 6.92 Å². The van der Waals surface area contributed by atoms with Crippen molar-refractivity contribution in [3.05, 3.63) is 34.0 Å². The molecule has 0 spiro atoms. The summed E-state index contributed by atoms with van der Waals surface area (Å²) in [7, 11) is 2.04. The fourth-order valence-corrected chi connectivity index (χ4v) is 2.92. The number of aryl methyl sites for hydroxylation is 1. The number of hydrogen-bond donors (Lipinski definition) is 0. The van der Waals surface area contributed by atoms with E-state index < -0.39 is 0 Å². The van der Waals surface area contributed by atoms with Crippen LogP contribution >= 0.6 is 23.2 Å². The Morgan fingerprint density at radius 1 is 1.33 bits per heavy atom. The molecule has 1 atom stereocenters. The number of piperazine rings is 1. The van der Waals surface area contributed by atoms with Gasteiger partial charge in [-0.2, -0.15) is 4.98 Å². The average molecular weight is 328 g/mol. The van der Waals surface area contributed by atoms with Gasteiger partial charge in [-0.1, -0.05) is 28.4 Å². The van der Waals surface area contributed by atoms with Gasteiger partial charge in [-0.3, -0.25) is 4.90 Å². The molecule has 112 valence electrons. The number of aromatic nitrogens is 3. The molecule has 1 saturated heterocycles. The highest BCUT2D eigenvalue weighted by atomic mass is 35.5. The van der Waals surface area contributed by atoms with Gasteiger partial charge >= 0.3 is 0 Å². The van der Waals surface area contributed by atoms with Crippen molar-refractivity contribution in [2.75, 3.05) is 31.6 Å². The molecule has 3 rings (SSSR count). The molecule has 0 bridgehead atoms. The Morgan fingerprint density at radius 3 is 2.81 bits per heavy atom. The quantitative estimate of drug-likeness (QED) is 0.844. The van der Waals surface area contributed by atoms with Gasteiger partial charge in [0, 0.05) is 25.8 Å². The highest BCUT2D eigenvalue weighted by Crippen LogP contribution is 2.30. The molecule has 0 aromatic carbocycles. The zero-order chi connectivity index (χ0) is 15.0. The Bertz CT molecular complexity index is 647. The van der Waals surface area contributed by atoms with E-state index >= 15 is 0 Å². The summed E-state index contributed by atoms with van der Waals surface area (Å²) in [5.74, 6) is 1.98. The standard InChI is InChI=1S/C13H15Cl2N5O/c1-8-17-13(21-18-8)11-7-20(4-3-19(11)2)12-10(15)5-9(14)6-16-12/h5-6,11H,3-4,7H2,1-2H3. The second-order valence-electron chi connectivity index (χ2n) is 5.08. The van der Waals surface area contributed by atoms with Gasteiger partial charge in [0.15, 0.2) is 5.82 Å². The molecule has 0 saturated carbocycles. The molecule has 6 nitrogen and oxygen atoms in total. The Labute approximate surface area is 132 Å². The molecule has 3 heterocycles. The largest absolute Gasteiger partial charge is 0.352 e. The molecule has 1 unspecified atom stereocenters. The number of likely N-dealkylation sites (N-methyl/N-ethyl adjacent to an activating group) is 1. The van der Waals surface area contributed by atoms with Gasteiger partial charge in [0.25, 0.3) is 0 Å². The van der Waals surface area contributed by atoms with Crippen LogP contribution in [0.2, 0.25) is 10.0 Å². The first-order valence-corrected chi connectivity index (χ1v) is 7.36. The molecule has 0 radical (unpaired) electrons. The fourth-order valence-electron chi connectivity index (χ4n) is 2.42. The van der Waals surface area contributed by atoms with Crippen LogP contribution in [0.5, 0.6) is 0 Å². The Balaban J connectivity index is 1.85. The minimum Gasteiger partial charge on any atom is -0.352 e. The van der Waals surface area contributed by atoms with Crippen LogP contribution in [0.1, 0.15) is 17.8 Å². The first-order chi connectivity index (χ1) is 10.0. The lowest BCUT2D eigenvalue weighted by atomic mass is 10.1. The monoisotopic (exact) mass is 327 g/mol. The van der Waals surface area contributed by atoms with E-state index in [2.05, 4.69) is 24.9 Å². The first-order valence-electron chi connectivity index (χ1n) is 6.61. The van der Waals surface area contributed by atoms with Gasteiger partial charge in [-0.25, -0.2) is 4.98 Å². The van der Waals surface area contributed by atoms with Crippen LogP contribution < -0.4 is 4.90 Å². The number of halogens is 2. The average Bonchev–Trinajstić information content (AvgIpc) is 2.86. The number of hydrogen-bond acceptors (Lipinski definition) is 6. The van der Waals surface area contributed by atoms with E-state index in [0.717, 1.165) is 18.9 Å². The third-order valence-electron chi connectivity index (χ3n) is 3.56. The molecular weight excluding hydrogens is 313 g/mol. The molecule has 0 N–H and O–H groups in total. The number of nitrogens with zero attached hydrogens (tertiary/aromatic N) is 5. The topological polar surface area (TPSA) is 58.3 Å². The predicted octanol–water partition coefficient (Wildman–Crippen LogP) is 2.57. The van der Waals surface area contributed by atoms with Crippen molar-refractivity contribution in [2.45, 2.75) is 13.0 Å². The highest BCUT2D eigenvalue weighted by Gasteiger charge is 2.31. The summed E-state index contributed by atoms with van der Waals surface area (Å²) in [6.45, 7) is 4.18.